The van der Waals surface area contributed by atoms with Crippen LogP contribution in [0.2, 0.25) is 0 Å². The molecule has 0 saturated carbocycles. The van der Waals surface area contributed by atoms with Crippen molar-refractivity contribution < 1.29 is 29.7 Å². The molecule has 2 aromatic carbocycles. The lowest BCUT2D eigenvalue weighted by Crippen LogP contribution is -2.42. The Morgan fingerprint density at radius 1 is 1.05 bits per heavy atom. The first kappa shape index (κ1) is 15.3. The van der Waals surface area contributed by atoms with Gasteiger partial charge in [0.25, 0.3) is 5.91 Å². The number of hydrogen-bond donors (Lipinski definition) is 4. The number of carbonyl (C=O) groups excluding carboxylic acids is 1. The van der Waals surface area contributed by atoms with Gasteiger partial charge < -0.3 is 20.6 Å². The van der Waals surface area contributed by atoms with E-state index in [1.54, 1.807) is 24.3 Å². The fraction of sp³-hybridized carbons (Fsp3) is 0.133. The summed E-state index contributed by atoms with van der Waals surface area (Å²) in [6.45, 7) is 0. The second-order valence-corrected chi connectivity index (χ2v) is 4.68. The standard InChI is InChI=1S/C15H13NO6/c17-12-6-9-4-2-1-3-8(9)5-10(12)14(20)16-11(15(21)22)7-13(18)19/h1-6,11,17H,7H2,(H,16,20)(H,18,19)(H,21,22)/t11-/m0/s1. The summed E-state index contributed by atoms with van der Waals surface area (Å²) >= 11 is 0. The van der Waals surface area contributed by atoms with E-state index in [0.717, 1.165) is 5.39 Å². The number of nitrogens with one attached hydrogen (secondary N) is 1. The van der Waals surface area contributed by atoms with E-state index >= 15 is 0 Å². The van der Waals surface area contributed by atoms with Crippen molar-refractivity contribution in [3.8, 4) is 5.75 Å². The van der Waals surface area contributed by atoms with Crippen LogP contribution in [-0.2, 0) is 9.59 Å². The summed E-state index contributed by atoms with van der Waals surface area (Å²) in [6, 6.07) is 8.24. The molecule has 0 saturated heterocycles. The van der Waals surface area contributed by atoms with Crippen molar-refractivity contribution >= 4 is 28.6 Å². The number of amides is 1. The lowest BCUT2D eigenvalue weighted by molar-refractivity contribution is -0.145. The highest BCUT2D eigenvalue weighted by molar-refractivity contribution is 6.03. The third-order valence-corrected chi connectivity index (χ3v) is 3.09. The molecule has 0 bridgehead atoms. The summed E-state index contributed by atoms with van der Waals surface area (Å²) in [4.78, 5) is 33.6. The Balaban J connectivity index is 2.30. The van der Waals surface area contributed by atoms with Crippen molar-refractivity contribution in [3.05, 3.63) is 42.0 Å². The predicted molar refractivity (Wildman–Crippen MR) is 76.8 cm³/mol. The van der Waals surface area contributed by atoms with Crippen molar-refractivity contribution in [2.45, 2.75) is 12.5 Å². The lowest BCUT2D eigenvalue weighted by atomic mass is 10.0. The number of phenolic OH excluding ortho intramolecular Hbond substituents is 1. The summed E-state index contributed by atoms with van der Waals surface area (Å²) in [5.74, 6) is -3.97. The van der Waals surface area contributed by atoms with Crippen LogP contribution in [0, 0.1) is 0 Å². The Labute approximate surface area is 124 Å². The van der Waals surface area contributed by atoms with Gasteiger partial charge in [0.05, 0.1) is 12.0 Å². The third-order valence-electron chi connectivity index (χ3n) is 3.09. The molecule has 0 unspecified atom stereocenters. The van der Waals surface area contributed by atoms with Crippen LogP contribution in [0.1, 0.15) is 16.8 Å². The number of hydrogen-bond acceptors (Lipinski definition) is 4. The van der Waals surface area contributed by atoms with Gasteiger partial charge in [0.2, 0.25) is 0 Å². The van der Waals surface area contributed by atoms with Crippen LogP contribution in [0.4, 0.5) is 0 Å². The maximum Gasteiger partial charge on any atom is 0.326 e. The molecule has 4 N–H and O–H groups in total. The van der Waals surface area contributed by atoms with E-state index in [0.29, 0.717) is 5.39 Å². The first-order valence-corrected chi connectivity index (χ1v) is 6.35. The Bertz CT molecular complexity index is 755. The molecule has 1 atom stereocenters. The molecule has 0 spiro atoms. The molecule has 0 aromatic heterocycles. The van der Waals surface area contributed by atoms with Gasteiger partial charge in [0, 0.05) is 0 Å². The van der Waals surface area contributed by atoms with E-state index in [1.165, 1.54) is 12.1 Å². The van der Waals surface area contributed by atoms with Crippen LogP contribution in [0.5, 0.6) is 5.75 Å². The zero-order valence-electron chi connectivity index (χ0n) is 11.3. The molecule has 22 heavy (non-hydrogen) atoms. The second-order valence-electron chi connectivity index (χ2n) is 4.68. The van der Waals surface area contributed by atoms with Gasteiger partial charge in [0.1, 0.15) is 11.8 Å². The molecule has 114 valence electrons. The molecular formula is C15H13NO6. The summed E-state index contributed by atoms with van der Waals surface area (Å²) in [5, 5.41) is 31.0. The average Bonchev–Trinajstić information content (AvgIpc) is 2.45. The molecule has 0 radical (unpaired) electrons. The number of carboxylic acids is 2. The van der Waals surface area contributed by atoms with Crippen LogP contribution in [0.3, 0.4) is 0 Å². The number of benzene rings is 2. The van der Waals surface area contributed by atoms with Crippen molar-refractivity contribution in [2.24, 2.45) is 0 Å². The van der Waals surface area contributed by atoms with E-state index in [1.807, 2.05) is 0 Å². The lowest BCUT2D eigenvalue weighted by Gasteiger charge is -2.13. The highest BCUT2D eigenvalue weighted by atomic mass is 16.4. The quantitative estimate of drug-likeness (QED) is 0.658. The molecule has 0 fully saturated rings. The van der Waals surface area contributed by atoms with Gasteiger partial charge in [0.15, 0.2) is 0 Å². The minimum Gasteiger partial charge on any atom is -0.507 e. The Kier molecular flexibility index (Phi) is 4.26. The SMILES string of the molecule is O=C(O)C[C@H](NC(=O)c1cc2ccccc2cc1O)C(=O)O. The van der Waals surface area contributed by atoms with Gasteiger partial charge in [-0.1, -0.05) is 24.3 Å². The highest BCUT2D eigenvalue weighted by Crippen LogP contribution is 2.25. The Morgan fingerprint density at radius 2 is 1.64 bits per heavy atom. The van der Waals surface area contributed by atoms with Crippen LogP contribution in [0.15, 0.2) is 36.4 Å². The zero-order chi connectivity index (χ0) is 16.3. The molecule has 0 aliphatic heterocycles. The third kappa shape index (κ3) is 3.32. The molecule has 0 aliphatic rings. The van der Waals surface area contributed by atoms with Crippen LogP contribution < -0.4 is 5.32 Å². The van der Waals surface area contributed by atoms with Crippen LogP contribution in [-0.4, -0.2) is 39.2 Å². The van der Waals surface area contributed by atoms with Gasteiger partial charge in [-0.2, -0.15) is 0 Å². The van der Waals surface area contributed by atoms with Crippen LogP contribution >= 0.6 is 0 Å². The fourth-order valence-electron chi connectivity index (χ4n) is 2.02. The van der Waals surface area contributed by atoms with Gasteiger partial charge in [-0.3, -0.25) is 9.59 Å². The van der Waals surface area contributed by atoms with Crippen molar-refractivity contribution in [1.82, 2.24) is 5.32 Å². The normalized spacial score (nSPS) is 11.8. The van der Waals surface area contributed by atoms with E-state index in [9.17, 15) is 19.5 Å². The van der Waals surface area contributed by atoms with Crippen molar-refractivity contribution in [2.75, 3.05) is 0 Å². The minimum atomic E-state index is -1.57. The second kappa shape index (κ2) is 6.13. The predicted octanol–water partition coefficient (Wildman–Crippen LogP) is 1.20. The number of fused-ring (bicyclic) bond motifs is 1. The molecule has 2 aromatic rings. The first-order valence-electron chi connectivity index (χ1n) is 6.35. The zero-order valence-corrected chi connectivity index (χ0v) is 11.3. The molecule has 7 nitrogen and oxygen atoms in total. The number of aliphatic carboxylic acids is 2. The number of rotatable bonds is 5. The van der Waals surface area contributed by atoms with Gasteiger partial charge >= 0.3 is 11.9 Å². The van der Waals surface area contributed by atoms with E-state index in [4.69, 9.17) is 10.2 Å². The highest BCUT2D eigenvalue weighted by Gasteiger charge is 2.24. The molecule has 2 rings (SSSR count). The van der Waals surface area contributed by atoms with Crippen molar-refractivity contribution in [1.29, 1.82) is 0 Å². The number of carboxylic acid groups (broad SMARTS) is 2. The molecule has 0 heterocycles. The van der Waals surface area contributed by atoms with E-state index in [-0.39, 0.29) is 11.3 Å². The van der Waals surface area contributed by atoms with E-state index in [2.05, 4.69) is 5.32 Å². The van der Waals surface area contributed by atoms with Gasteiger partial charge in [-0.25, -0.2) is 4.79 Å². The summed E-state index contributed by atoms with van der Waals surface area (Å²) in [5.41, 5.74) is -0.115. The number of aromatic hydroxyl groups is 1. The van der Waals surface area contributed by atoms with Gasteiger partial charge in [-0.05, 0) is 22.9 Å². The maximum absolute atomic E-state index is 12.1. The largest absolute Gasteiger partial charge is 0.507 e. The maximum atomic E-state index is 12.1. The first-order chi connectivity index (χ1) is 10.4. The average molecular weight is 303 g/mol. The molecule has 7 heteroatoms. The monoisotopic (exact) mass is 303 g/mol. The smallest absolute Gasteiger partial charge is 0.326 e. The van der Waals surface area contributed by atoms with E-state index < -0.39 is 30.3 Å². The molecule has 0 aliphatic carbocycles. The minimum absolute atomic E-state index is 0.115. The van der Waals surface area contributed by atoms with Crippen LogP contribution in [0.25, 0.3) is 10.8 Å². The fourth-order valence-corrected chi connectivity index (χ4v) is 2.02. The number of carbonyl (C=O) groups is 3. The number of phenols is 1. The molecular weight excluding hydrogens is 290 g/mol. The van der Waals surface area contributed by atoms with Gasteiger partial charge in [-0.15, -0.1) is 0 Å². The summed E-state index contributed by atoms with van der Waals surface area (Å²) in [6.07, 6.45) is -0.755. The Morgan fingerprint density at radius 3 is 2.18 bits per heavy atom. The topological polar surface area (TPSA) is 124 Å². The molecule has 1 amide bonds. The van der Waals surface area contributed by atoms with Crippen molar-refractivity contribution in [3.63, 3.8) is 0 Å². The summed E-state index contributed by atoms with van der Waals surface area (Å²) in [7, 11) is 0. The summed E-state index contributed by atoms with van der Waals surface area (Å²) < 4.78 is 0. The Hall–Kier alpha value is -3.09.